The number of nitrogens with zero attached hydrogens (tertiary/aromatic N) is 2. The highest BCUT2D eigenvalue weighted by Crippen LogP contribution is 2.16. The Balaban J connectivity index is 1.59. The average Bonchev–Trinajstić information content (AvgIpc) is 3.19. The Hall–Kier alpha value is -1.90. The summed E-state index contributed by atoms with van der Waals surface area (Å²) < 4.78 is 27.1. The number of likely N-dealkylation sites (tertiary alicyclic amines) is 2. The molecule has 2 heterocycles. The lowest BCUT2D eigenvalue weighted by molar-refractivity contribution is -0.142. The van der Waals surface area contributed by atoms with E-state index in [1.165, 1.54) is 11.0 Å². The third-order valence-corrected chi connectivity index (χ3v) is 6.29. The molecule has 28 heavy (non-hydrogen) atoms. The maximum absolute atomic E-state index is 12.7. The zero-order chi connectivity index (χ0) is 20.1. The van der Waals surface area contributed by atoms with Crippen molar-refractivity contribution in [3.8, 4) is 0 Å². The summed E-state index contributed by atoms with van der Waals surface area (Å²) in [4.78, 5) is 28.2. The molecule has 1 atom stereocenters. The molecular formula is C19H24ClN3O4S. The average molecular weight is 426 g/mol. The van der Waals surface area contributed by atoms with Crippen molar-refractivity contribution in [3.63, 3.8) is 0 Å². The zero-order valence-electron chi connectivity index (χ0n) is 15.5. The summed E-state index contributed by atoms with van der Waals surface area (Å²) in [7, 11) is -3.80. The normalized spacial score (nSPS) is 20.9. The smallest absolute Gasteiger partial charge is 0.242 e. The highest BCUT2D eigenvalue weighted by Gasteiger charge is 2.33. The maximum atomic E-state index is 12.7. The van der Waals surface area contributed by atoms with Crippen molar-refractivity contribution in [2.75, 3.05) is 26.2 Å². The summed E-state index contributed by atoms with van der Waals surface area (Å²) in [6.45, 7) is 1.94. The number of sulfonamides is 1. The van der Waals surface area contributed by atoms with Crippen LogP contribution in [0.4, 0.5) is 0 Å². The van der Waals surface area contributed by atoms with Crippen molar-refractivity contribution in [3.05, 3.63) is 40.3 Å². The number of hydrogen-bond donors (Lipinski definition) is 1. The van der Waals surface area contributed by atoms with Crippen molar-refractivity contribution in [2.45, 2.75) is 31.7 Å². The van der Waals surface area contributed by atoms with Crippen LogP contribution in [0.15, 0.2) is 29.7 Å². The van der Waals surface area contributed by atoms with Crippen molar-refractivity contribution < 1.29 is 18.0 Å². The fourth-order valence-electron chi connectivity index (χ4n) is 3.42. The number of rotatable bonds is 6. The molecule has 7 nitrogen and oxygen atoms in total. The van der Waals surface area contributed by atoms with Crippen molar-refractivity contribution >= 4 is 39.5 Å². The van der Waals surface area contributed by atoms with Gasteiger partial charge >= 0.3 is 0 Å². The number of benzene rings is 1. The summed E-state index contributed by atoms with van der Waals surface area (Å²) in [6, 6.07) is 5.89. The monoisotopic (exact) mass is 425 g/mol. The van der Waals surface area contributed by atoms with Crippen molar-refractivity contribution in [2.24, 2.45) is 0 Å². The first-order valence-electron chi connectivity index (χ1n) is 9.37. The topological polar surface area (TPSA) is 86.8 Å². The Morgan fingerprint density at radius 3 is 2.50 bits per heavy atom. The number of halogens is 1. The van der Waals surface area contributed by atoms with E-state index in [4.69, 9.17) is 11.6 Å². The Kier molecular flexibility index (Phi) is 6.74. The molecule has 2 fully saturated rings. The first kappa shape index (κ1) is 20.8. The van der Waals surface area contributed by atoms with E-state index in [-0.39, 0.29) is 18.4 Å². The van der Waals surface area contributed by atoms with Gasteiger partial charge in [0.15, 0.2) is 0 Å². The molecule has 1 aromatic rings. The number of carbonyl (C=O) groups is 2. The summed E-state index contributed by atoms with van der Waals surface area (Å²) in [6.07, 6.45) is 4.49. The van der Waals surface area contributed by atoms with Gasteiger partial charge in [0, 0.05) is 30.1 Å². The quantitative estimate of drug-likeness (QED) is 0.753. The molecule has 1 N–H and O–H groups in total. The van der Waals surface area contributed by atoms with Crippen LogP contribution in [0.25, 0.3) is 6.08 Å². The van der Waals surface area contributed by atoms with Gasteiger partial charge in [-0.2, -0.15) is 4.72 Å². The van der Waals surface area contributed by atoms with Gasteiger partial charge in [-0.3, -0.25) is 9.59 Å². The molecule has 0 spiro atoms. The van der Waals surface area contributed by atoms with Crippen LogP contribution in [0, 0.1) is 0 Å². The van der Waals surface area contributed by atoms with E-state index in [1.807, 2.05) is 0 Å². The minimum atomic E-state index is -3.80. The minimum Gasteiger partial charge on any atom is -0.341 e. The predicted octanol–water partition coefficient (Wildman–Crippen LogP) is 1.84. The molecule has 0 unspecified atom stereocenters. The minimum absolute atomic E-state index is 0.0116. The van der Waals surface area contributed by atoms with Crippen LogP contribution in [0.2, 0.25) is 5.02 Å². The third kappa shape index (κ3) is 5.56. The van der Waals surface area contributed by atoms with Gasteiger partial charge in [-0.25, -0.2) is 8.42 Å². The molecule has 9 heteroatoms. The summed E-state index contributed by atoms with van der Waals surface area (Å²) in [5, 5.41) is 1.60. The largest absolute Gasteiger partial charge is 0.341 e. The molecule has 2 saturated heterocycles. The van der Waals surface area contributed by atoms with E-state index in [0.29, 0.717) is 30.0 Å². The molecule has 1 aromatic carbocycles. The van der Waals surface area contributed by atoms with Crippen LogP contribution >= 0.6 is 11.6 Å². The molecular weight excluding hydrogens is 402 g/mol. The Bertz CT molecular complexity index is 848. The SMILES string of the molecule is O=C(CN1CCC[C@H](NS(=O)(=O)/C=C/c2ccc(Cl)cc2)C1=O)N1CCCC1. The van der Waals surface area contributed by atoms with Crippen LogP contribution in [-0.4, -0.2) is 62.3 Å². The molecule has 2 aliphatic rings. The molecule has 2 aliphatic heterocycles. The number of piperidine rings is 1. The van der Waals surface area contributed by atoms with Crippen LogP contribution in [0.5, 0.6) is 0 Å². The van der Waals surface area contributed by atoms with E-state index in [1.54, 1.807) is 29.2 Å². The van der Waals surface area contributed by atoms with Gasteiger partial charge in [0.1, 0.15) is 6.04 Å². The highest BCUT2D eigenvalue weighted by molar-refractivity contribution is 7.92. The van der Waals surface area contributed by atoms with Crippen molar-refractivity contribution in [1.29, 1.82) is 0 Å². The van der Waals surface area contributed by atoms with Crippen LogP contribution in [0.3, 0.4) is 0 Å². The fourth-order valence-corrected chi connectivity index (χ4v) is 4.57. The molecule has 3 rings (SSSR count). The van der Waals surface area contributed by atoms with Gasteiger partial charge in [0.2, 0.25) is 21.8 Å². The zero-order valence-corrected chi connectivity index (χ0v) is 17.1. The fraction of sp³-hybridized carbons (Fsp3) is 0.474. The standard InChI is InChI=1S/C19H24ClN3O4S/c20-16-7-5-15(6-8-16)9-13-28(26,27)21-17-4-3-12-23(19(17)25)14-18(24)22-10-1-2-11-22/h5-9,13,17,21H,1-4,10-12,14H2/b13-9+/t17-/m0/s1. The predicted molar refractivity (Wildman–Crippen MR) is 108 cm³/mol. The second kappa shape index (κ2) is 9.07. The number of amides is 2. The van der Waals surface area contributed by atoms with Crippen molar-refractivity contribution in [1.82, 2.24) is 14.5 Å². The van der Waals surface area contributed by atoms with E-state index < -0.39 is 16.1 Å². The Labute approximate surface area is 170 Å². The summed E-state index contributed by atoms with van der Waals surface area (Å²) in [5.41, 5.74) is 0.683. The number of hydrogen-bond acceptors (Lipinski definition) is 4. The molecule has 0 aromatic heterocycles. The van der Waals surface area contributed by atoms with Gasteiger partial charge in [-0.05, 0) is 49.5 Å². The Morgan fingerprint density at radius 2 is 1.82 bits per heavy atom. The summed E-state index contributed by atoms with van der Waals surface area (Å²) >= 11 is 5.81. The van der Waals surface area contributed by atoms with E-state index in [9.17, 15) is 18.0 Å². The third-order valence-electron chi connectivity index (χ3n) is 4.93. The van der Waals surface area contributed by atoms with E-state index >= 15 is 0 Å². The lowest BCUT2D eigenvalue weighted by Crippen LogP contribution is -2.54. The lowest BCUT2D eigenvalue weighted by atomic mass is 10.1. The van der Waals surface area contributed by atoms with Crippen LogP contribution in [-0.2, 0) is 19.6 Å². The molecule has 0 aliphatic carbocycles. The molecule has 152 valence electrons. The van der Waals surface area contributed by atoms with E-state index in [0.717, 1.165) is 31.3 Å². The Morgan fingerprint density at radius 1 is 1.14 bits per heavy atom. The number of carbonyl (C=O) groups excluding carboxylic acids is 2. The second-order valence-corrected chi connectivity index (χ2v) is 9.09. The molecule has 0 saturated carbocycles. The van der Waals surface area contributed by atoms with E-state index in [2.05, 4.69) is 4.72 Å². The molecule has 2 amide bonds. The first-order chi connectivity index (χ1) is 13.3. The molecule has 0 radical (unpaired) electrons. The van der Waals surface area contributed by atoms with Gasteiger partial charge < -0.3 is 9.80 Å². The van der Waals surface area contributed by atoms with Gasteiger partial charge in [-0.15, -0.1) is 0 Å². The first-order valence-corrected chi connectivity index (χ1v) is 11.3. The van der Waals surface area contributed by atoms with Gasteiger partial charge in [0.05, 0.1) is 6.54 Å². The second-order valence-electron chi connectivity index (χ2n) is 7.06. The lowest BCUT2D eigenvalue weighted by Gasteiger charge is -2.32. The maximum Gasteiger partial charge on any atom is 0.242 e. The summed E-state index contributed by atoms with van der Waals surface area (Å²) in [5.74, 6) is -0.417. The highest BCUT2D eigenvalue weighted by atomic mass is 35.5. The van der Waals surface area contributed by atoms with Crippen LogP contribution in [0.1, 0.15) is 31.2 Å². The van der Waals surface area contributed by atoms with Gasteiger partial charge in [0.25, 0.3) is 0 Å². The number of nitrogens with one attached hydrogen (secondary N) is 1. The van der Waals surface area contributed by atoms with Gasteiger partial charge in [-0.1, -0.05) is 23.7 Å². The van der Waals surface area contributed by atoms with Crippen LogP contribution < -0.4 is 4.72 Å². The molecule has 0 bridgehead atoms.